The van der Waals surface area contributed by atoms with Gasteiger partial charge in [-0.25, -0.2) is 9.38 Å². The van der Waals surface area contributed by atoms with Crippen LogP contribution >= 0.6 is 0 Å². The molecule has 2 heterocycles. The highest BCUT2D eigenvalue weighted by molar-refractivity contribution is 6.04. The molecule has 2 aliphatic rings. The van der Waals surface area contributed by atoms with Crippen molar-refractivity contribution in [3.8, 4) is 11.5 Å². The zero-order chi connectivity index (χ0) is 23.9. The molecule has 1 saturated heterocycles. The lowest BCUT2D eigenvalue weighted by molar-refractivity contribution is -0.137. The van der Waals surface area contributed by atoms with Gasteiger partial charge in [0, 0.05) is 31.7 Å². The van der Waals surface area contributed by atoms with Crippen molar-refractivity contribution >= 4 is 17.4 Å². The number of ether oxygens (including phenoxy) is 1. The molecule has 0 N–H and O–H groups in total. The number of nitrogens with zero attached hydrogens (tertiary/aromatic N) is 3. The number of hydrogen-bond donors (Lipinski definition) is 0. The first-order chi connectivity index (χ1) is 16.3. The first kappa shape index (κ1) is 21.9. The summed E-state index contributed by atoms with van der Waals surface area (Å²) in [5.74, 6) is 0.599. The number of hydrogen-bond acceptors (Lipinski definition) is 4. The van der Waals surface area contributed by atoms with Gasteiger partial charge in [0.25, 0.3) is 5.91 Å². The van der Waals surface area contributed by atoms with Crippen LogP contribution in [-0.4, -0.2) is 47.7 Å². The fourth-order valence-electron chi connectivity index (χ4n) is 4.04. The van der Waals surface area contributed by atoms with Crippen LogP contribution in [0.25, 0.3) is 0 Å². The van der Waals surface area contributed by atoms with Gasteiger partial charge in [-0.2, -0.15) is 13.2 Å². The summed E-state index contributed by atoms with van der Waals surface area (Å²) in [4.78, 5) is 21.0. The Bertz CT molecular complexity index is 1260. The molecule has 3 aromatic rings. The quantitative estimate of drug-likeness (QED) is 0.443. The van der Waals surface area contributed by atoms with Crippen molar-refractivity contribution in [2.45, 2.75) is 6.18 Å². The molecule has 0 unspecified atom stereocenters. The Balaban J connectivity index is 1.44. The zero-order valence-electron chi connectivity index (χ0n) is 17.8. The van der Waals surface area contributed by atoms with Crippen LogP contribution in [0.1, 0.15) is 21.5 Å². The van der Waals surface area contributed by atoms with Crippen molar-refractivity contribution in [1.29, 1.82) is 0 Å². The van der Waals surface area contributed by atoms with E-state index in [1.54, 1.807) is 23.1 Å². The van der Waals surface area contributed by atoms with Gasteiger partial charge in [-0.3, -0.25) is 4.79 Å². The van der Waals surface area contributed by atoms with Gasteiger partial charge in [0.05, 0.1) is 11.1 Å². The number of carbonyl (C=O) groups is 1. The molecule has 5 rings (SSSR count). The minimum Gasteiger partial charge on any atom is -0.454 e. The lowest BCUT2D eigenvalue weighted by atomic mass is 10.1. The minimum absolute atomic E-state index is 0.0887. The monoisotopic (exact) mass is 469 g/mol. The normalized spacial score (nSPS) is 15.6. The highest BCUT2D eigenvalue weighted by Gasteiger charge is 2.33. The summed E-state index contributed by atoms with van der Waals surface area (Å²) in [5, 5.41) is 0. The van der Waals surface area contributed by atoms with E-state index in [4.69, 9.17) is 4.74 Å². The number of halogens is 4. The maximum absolute atomic E-state index is 13.3. The number of amidine groups is 1. The van der Waals surface area contributed by atoms with E-state index in [9.17, 15) is 22.4 Å². The molecule has 3 aromatic carbocycles. The first-order valence-electron chi connectivity index (χ1n) is 10.7. The molecule has 1 fully saturated rings. The summed E-state index contributed by atoms with van der Waals surface area (Å²) in [6, 6.07) is 15.8. The third-order valence-electron chi connectivity index (χ3n) is 5.82. The van der Waals surface area contributed by atoms with Crippen molar-refractivity contribution in [1.82, 2.24) is 9.80 Å². The van der Waals surface area contributed by atoms with Crippen LogP contribution in [0.2, 0.25) is 0 Å². The van der Waals surface area contributed by atoms with Crippen LogP contribution < -0.4 is 4.74 Å². The van der Waals surface area contributed by atoms with E-state index in [-0.39, 0.29) is 17.3 Å². The van der Waals surface area contributed by atoms with Gasteiger partial charge in [0.2, 0.25) is 0 Å². The number of piperazine rings is 1. The Hall–Kier alpha value is -3.88. The van der Waals surface area contributed by atoms with Crippen molar-refractivity contribution in [2.75, 3.05) is 26.2 Å². The Labute approximate surface area is 192 Å². The molecule has 0 atom stereocenters. The van der Waals surface area contributed by atoms with Crippen LogP contribution in [0.4, 0.5) is 23.2 Å². The number of rotatable bonds is 1. The van der Waals surface area contributed by atoms with Gasteiger partial charge in [0.1, 0.15) is 23.1 Å². The molecule has 0 spiro atoms. The predicted octanol–water partition coefficient (Wildman–Crippen LogP) is 5.49. The van der Waals surface area contributed by atoms with Crippen molar-refractivity contribution in [3.05, 3.63) is 89.2 Å². The second kappa shape index (κ2) is 8.48. The van der Waals surface area contributed by atoms with Gasteiger partial charge >= 0.3 is 6.18 Å². The van der Waals surface area contributed by atoms with Gasteiger partial charge < -0.3 is 14.5 Å². The highest BCUT2D eigenvalue weighted by atomic mass is 19.4. The third-order valence-corrected chi connectivity index (χ3v) is 5.82. The van der Waals surface area contributed by atoms with Crippen LogP contribution in [0.3, 0.4) is 0 Å². The molecule has 0 bridgehead atoms. The number of amides is 1. The van der Waals surface area contributed by atoms with E-state index >= 15 is 0 Å². The lowest BCUT2D eigenvalue weighted by Crippen LogP contribution is -2.50. The molecule has 0 saturated carbocycles. The van der Waals surface area contributed by atoms with Crippen molar-refractivity contribution in [3.63, 3.8) is 0 Å². The average Bonchev–Trinajstić information content (AvgIpc) is 3.00. The maximum Gasteiger partial charge on any atom is 0.416 e. The van der Waals surface area contributed by atoms with Crippen LogP contribution in [0.5, 0.6) is 11.5 Å². The highest BCUT2D eigenvalue weighted by Crippen LogP contribution is 2.41. The molecule has 1 amide bonds. The van der Waals surface area contributed by atoms with Gasteiger partial charge in [-0.15, -0.1) is 0 Å². The topological polar surface area (TPSA) is 45.1 Å². The van der Waals surface area contributed by atoms with Crippen molar-refractivity contribution < 1.29 is 27.1 Å². The van der Waals surface area contributed by atoms with Crippen LogP contribution in [0, 0.1) is 5.82 Å². The largest absolute Gasteiger partial charge is 0.454 e. The number of para-hydroxylation sites is 1. The Morgan fingerprint density at radius 3 is 2.29 bits per heavy atom. The van der Waals surface area contributed by atoms with Gasteiger partial charge in [0.15, 0.2) is 5.75 Å². The summed E-state index contributed by atoms with van der Waals surface area (Å²) < 4.78 is 59.0. The molecule has 174 valence electrons. The third kappa shape index (κ3) is 4.21. The predicted molar refractivity (Wildman–Crippen MR) is 118 cm³/mol. The molecule has 0 aromatic heterocycles. The molecular weight excluding hydrogens is 450 g/mol. The fourth-order valence-corrected chi connectivity index (χ4v) is 4.04. The van der Waals surface area contributed by atoms with Gasteiger partial charge in [-0.05, 0) is 54.6 Å². The van der Waals surface area contributed by atoms with E-state index in [1.807, 2.05) is 11.0 Å². The molecular formula is C25H19F4N3O2. The molecule has 5 nitrogen and oxygen atoms in total. The number of alkyl halides is 3. The Kier molecular flexibility index (Phi) is 5.47. The first-order valence-corrected chi connectivity index (χ1v) is 10.7. The summed E-state index contributed by atoms with van der Waals surface area (Å²) in [5.41, 5.74) is 0.337. The molecule has 34 heavy (non-hydrogen) atoms. The van der Waals surface area contributed by atoms with E-state index in [0.717, 1.165) is 12.1 Å². The molecule has 0 aliphatic carbocycles. The second-order valence-electron chi connectivity index (χ2n) is 8.00. The summed E-state index contributed by atoms with van der Waals surface area (Å²) >= 11 is 0. The average molecular weight is 469 g/mol. The maximum atomic E-state index is 13.3. The Morgan fingerprint density at radius 2 is 1.59 bits per heavy atom. The number of benzene rings is 3. The fraction of sp³-hybridized carbons (Fsp3) is 0.200. The Morgan fingerprint density at radius 1 is 0.882 bits per heavy atom. The lowest BCUT2D eigenvalue weighted by Gasteiger charge is -2.36. The SMILES string of the molecule is O=C(c1ccc(F)cc1)N1CCN(C2=Nc3cc(C(F)(F)F)ccc3Oc3ccccc32)CC1. The standard InChI is InChI=1S/C25H19F4N3O2/c26-18-8-5-16(6-9-18)24(33)32-13-11-31(12-14-32)23-19-3-1-2-4-21(19)34-22-10-7-17(25(27,28)29)15-20(22)30-23/h1-10,15H,11-14H2. The van der Waals surface area contributed by atoms with E-state index in [0.29, 0.717) is 48.9 Å². The minimum atomic E-state index is -4.50. The van der Waals surface area contributed by atoms with Crippen molar-refractivity contribution in [2.24, 2.45) is 4.99 Å². The molecule has 9 heteroatoms. The van der Waals surface area contributed by atoms with E-state index in [1.165, 1.54) is 30.3 Å². The van der Waals surface area contributed by atoms with E-state index < -0.39 is 17.6 Å². The zero-order valence-corrected chi connectivity index (χ0v) is 17.8. The van der Waals surface area contributed by atoms with Gasteiger partial charge in [-0.1, -0.05) is 12.1 Å². The summed E-state index contributed by atoms with van der Waals surface area (Å²) in [7, 11) is 0. The van der Waals surface area contributed by atoms with Crippen LogP contribution in [0.15, 0.2) is 71.7 Å². The van der Waals surface area contributed by atoms with Crippen LogP contribution in [-0.2, 0) is 6.18 Å². The second-order valence-corrected chi connectivity index (χ2v) is 8.00. The number of aliphatic imine (C=N–C) groups is 1. The number of fused-ring (bicyclic) bond motifs is 2. The number of carbonyl (C=O) groups excluding carboxylic acids is 1. The summed E-state index contributed by atoms with van der Waals surface area (Å²) in [6.45, 7) is 1.62. The molecule has 2 aliphatic heterocycles. The van der Waals surface area contributed by atoms with E-state index in [2.05, 4.69) is 4.99 Å². The molecule has 0 radical (unpaired) electrons. The smallest absolute Gasteiger partial charge is 0.416 e. The summed E-state index contributed by atoms with van der Waals surface area (Å²) in [6.07, 6.45) is -4.50.